The Morgan fingerprint density at radius 3 is 2.38 bits per heavy atom. The van der Waals surface area contributed by atoms with Crippen LogP contribution < -0.4 is 10.3 Å². The Morgan fingerprint density at radius 1 is 0.941 bits per heavy atom. The molecule has 0 radical (unpaired) electrons. The van der Waals surface area contributed by atoms with E-state index in [4.69, 9.17) is 4.52 Å². The summed E-state index contributed by atoms with van der Waals surface area (Å²) in [6, 6.07) is 19.8. The Morgan fingerprint density at radius 2 is 1.68 bits per heavy atom. The molecule has 0 fully saturated rings. The summed E-state index contributed by atoms with van der Waals surface area (Å²) in [6.45, 7) is 1.94. The third-order valence-corrected chi connectivity index (χ3v) is 5.21. The van der Waals surface area contributed by atoms with E-state index < -0.39 is 6.36 Å². The van der Waals surface area contributed by atoms with Crippen LogP contribution in [0.3, 0.4) is 0 Å². The lowest BCUT2D eigenvalue weighted by molar-refractivity contribution is -0.274. The van der Waals surface area contributed by atoms with Crippen molar-refractivity contribution in [3.63, 3.8) is 0 Å². The van der Waals surface area contributed by atoms with E-state index in [2.05, 4.69) is 14.9 Å². The van der Waals surface area contributed by atoms with Crippen LogP contribution in [0.1, 0.15) is 5.56 Å². The first kappa shape index (κ1) is 21.4. The zero-order valence-electron chi connectivity index (χ0n) is 17.7. The van der Waals surface area contributed by atoms with Crippen molar-refractivity contribution < 1.29 is 22.4 Å². The molecule has 0 N–H and O–H groups in total. The van der Waals surface area contributed by atoms with Crippen LogP contribution in [0, 0.1) is 6.92 Å². The Kier molecular flexibility index (Phi) is 5.16. The maximum atomic E-state index is 13.2. The van der Waals surface area contributed by atoms with E-state index in [-0.39, 0.29) is 23.0 Å². The van der Waals surface area contributed by atoms with Gasteiger partial charge in [-0.1, -0.05) is 35.5 Å². The monoisotopic (exact) mass is 463 g/mol. The lowest BCUT2D eigenvalue weighted by Gasteiger charge is -2.11. The molecule has 3 aromatic carbocycles. The number of alkyl halides is 3. The topological polar surface area (TPSA) is 70.2 Å². The summed E-state index contributed by atoms with van der Waals surface area (Å²) in [7, 11) is 0. The quantitative estimate of drug-likeness (QED) is 0.331. The molecule has 5 aromatic rings. The van der Waals surface area contributed by atoms with Crippen molar-refractivity contribution in [1.82, 2.24) is 14.7 Å². The Balaban J connectivity index is 1.59. The molecule has 5 rings (SSSR count). The maximum Gasteiger partial charge on any atom is 0.573 e. The number of aryl methyl sites for hydroxylation is 1. The summed E-state index contributed by atoms with van der Waals surface area (Å²) >= 11 is 0. The van der Waals surface area contributed by atoms with Gasteiger partial charge in [0, 0.05) is 28.2 Å². The number of fused-ring (bicyclic) bond motifs is 1. The van der Waals surface area contributed by atoms with Gasteiger partial charge in [-0.05, 0) is 55.0 Å². The predicted molar refractivity (Wildman–Crippen MR) is 120 cm³/mol. The summed E-state index contributed by atoms with van der Waals surface area (Å²) in [4.78, 5) is 17.6. The summed E-state index contributed by atoms with van der Waals surface area (Å²) in [6.07, 6.45) is -3.13. The van der Waals surface area contributed by atoms with Crippen LogP contribution in [-0.4, -0.2) is 21.1 Å². The molecule has 34 heavy (non-hydrogen) atoms. The highest BCUT2D eigenvalue weighted by atomic mass is 19.4. The van der Waals surface area contributed by atoms with E-state index in [0.29, 0.717) is 27.6 Å². The van der Waals surface area contributed by atoms with Crippen LogP contribution in [0.15, 0.2) is 88.3 Å². The Bertz CT molecular complexity index is 1550. The van der Waals surface area contributed by atoms with Gasteiger partial charge in [0.05, 0.1) is 5.56 Å². The highest BCUT2D eigenvalue weighted by Gasteiger charge is 2.31. The summed E-state index contributed by atoms with van der Waals surface area (Å²) < 4.78 is 48.1. The lowest BCUT2D eigenvalue weighted by atomic mass is 10.1. The van der Waals surface area contributed by atoms with Gasteiger partial charge in [-0.25, -0.2) is 0 Å². The van der Waals surface area contributed by atoms with Crippen molar-refractivity contribution in [1.29, 1.82) is 0 Å². The number of benzene rings is 3. The van der Waals surface area contributed by atoms with Crippen molar-refractivity contribution in [2.45, 2.75) is 13.3 Å². The third kappa shape index (κ3) is 4.15. The number of pyridine rings is 1. The number of aromatic nitrogens is 3. The van der Waals surface area contributed by atoms with Gasteiger partial charge < -0.3 is 9.26 Å². The molecule has 2 aromatic heterocycles. The molecule has 0 aliphatic carbocycles. The minimum Gasteiger partial charge on any atom is -0.406 e. The molecular weight excluding hydrogens is 447 g/mol. The number of rotatable bonds is 4. The first-order valence-corrected chi connectivity index (χ1v) is 10.2. The van der Waals surface area contributed by atoms with E-state index in [0.717, 1.165) is 5.56 Å². The van der Waals surface area contributed by atoms with Crippen molar-refractivity contribution in [2.75, 3.05) is 0 Å². The second-order valence-electron chi connectivity index (χ2n) is 7.60. The predicted octanol–water partition coefficient (Wildman–Crippen LogP) is 5.91. The van der Waals surface area contributed by atoms with Gasteiger partial charge in [0.2, 0.25) is 5.82 Å². The Labute approximate surface area is 190 Å². The van der Waals surface area contributed by atoms with E-state index in [1.807, 2.05) is 31.2 Å². The molecule has 0 atom stereocenters. The second-order valence-corrected chi connectivity index (χ2v) is 7.60. The van der Waals surface area contributed by atoms with Crippen LogP contribution in [0.4, 0.5) is 13.2 Å². The van der Waals surface area contributed by atoms with E-state index in [1.54, 1.807) is 30.5 Å². The van der Waals surface area contributed by atoms with Crippen molar-refractivity contribution in [3.8, 4) is 34.3 Å². The zero-order chi connectivity index (χ0) is 23.9. The molecule has 0 amide bonds. The molecular formula is C25H16F3N3O3. The summed E-state index contributed by atoms with van der Waals surface area (Å²) in [5.41, 5.74) is 2.49. The minimum absolute atomic E-state index is 0.170. The van der Waals surface area contributed by atoms with Crippen molar-refractivity contribution in [2.24, 2.45) is 0 Å². The summed E-state index contributed by atoms with van der Waals surface area (Å²) in [5, 5.41) is 5.10. The molecule has 9 heteroatoms. The van der Waals surface area contributed by atoms with Gasteiger partial charge in [0.15, 0.2) is 0 Å². The average Bonchev–Trinajstić information content (AvgIpc) is 3.29. The molecule has 0 saturated heterocycles. The van der Waals surface area contributed by atoms with E-state index >= 15 is 0 Å². The highest BCUT2D eigenvalue weighted by Crippen LogP contribution is 2.30. The molecule has 6 nitrogen and oxygen atoms in total. The summed E-state index contributed by atoms with van der Waals surface area (Å²) in [5.74, 6) is 0.00496. The molecule has 0 spiro atoms. The number of hydrogen-bond acceptors (Lipinski definition) is 5. The van der Waals surface area contributed by atoms with Gasteiger partial charge in [0.25, 0.3) is 11.4 Å². The van der Waals surface area contributed by atoms with Gasteiger partial charge in [-0.15, -0.1) is 13.2 Å². The van der Waals surface area contributed by atoms with Gasteiger partial charge in [0.1, 0.15) is 5.75 Å². The molecule has 0 unspecified atom stereocenters. The van der Waals surface area contributed by atoms with E-state index in [9.17, 15) is 18.0 Å². The van der Waals surface area contributed by atoms with Crippen LogP contribution >= 0.6 is 0 Å². The first-order chi connectivity index (χ1) is 16.3. The number of hydrogen-bond donors (Lipinski definition) is 0. The normalized spacial score (nSPS) is 11.6. The van der Waals surface area contributed by atoms with Gasteiger partial charge >= 0.3 is 6.36 Å². The van der Waals surface area contributed by atoms with Crippen LogP contribution in [0.2, 0.25) is 0 Å². The maximum absolute atomic E-state index is 13.2. The Hall–Kier alpha value is -4.40. The van der Waals surface area contributed by atoms with Crippen LogP contribution in [-0.2, 0) is 0 Å². The number of nitrogens with zero attached hydrogens (tertiary/aromatic N) is 3. The first-order valence-electron chi connectivity index (χ1n) is 10.2. The molecule has 0 aliphatic heterocycles. The molecule has 0 saturated carbocycles. The lowest BCUT2D eigenvalue weighted by Crippen LogP contribution is -2.18. The standard InChI is InChI=1S/C25H16F3N3O3/c1-15-5-4-6-17(13-15)31-14-21(19-7-2-3-8-20(19)24(31)32)23-29-22(30-34-23)16-9-11-18(12-10-16)33-25(26,27)28/h2-14H,1H3. The highest BCUT2D eigenvalue weighted by molar-refractivity contribution is 5.94. The fraction of sp³-hybridized carbons (Fsp3) is 0.0800. The fourth-order valence-corrected chi connectivity index (χ4v) is 3.69. The second kappa shape index (κ2) is 8.18. The molecule has 170 valence electrons. The third-order valence-electron chi connectivity index (χ3n) is 5.21. The van der Waals surface area contributed by atoms with Gasteiger partial charge in [-0.2, -0.15) is 4.98 Å². The average molecular weight is 463 g/mol. The SMILES string of the molecule is Cc1cccc(-n2cc(-c3nc(-c4ccc(OC(F)(F)F)cc4)no3)c3ccccc3c2=O)c1. The van der Waals surface area contributed by atoms with Gasteiger partial charge in [-0.3, -0.25) is 9.36 Å². The fourth-order valence-electron chi connectivity index (χ4n) is 3.69. The minimum atomic E-state index is -4.78. The largest absolute Gasteiger partial charge is 0.573 e. The molecule has 0 bridgehead atoms. The number of halogens is 3. The van der Waals surface area contributed by atoms with Crippen LogP contribution in [0.5, 0.6) is 5.75 Å². The molecule has 2 heterocycles. The van der Waals surface area contributed by atoms with Crippen molar-refractivity contribution >= 4 is 10.8 Å². The smallest absolute Gasteiger partial charge is 0.406 e. The molecule has 0 aliphatic rings. The van der Waals surface area contributed by atoms with Crippen LogP contribution in [0.25, 0.3) is 39.3 Å². The number of ether oxygens (including phenoxy) is 1. The zero-order valence-corrected chi connectivity index (χ0v) is 17.7. The van der Waals surface area contributed by atoms with E-state index in [1.165, 1.54) is 28.8 Å². The van der Waals surface area contributed by atoms with Crippen molar-refractivity contribution in [3.05, 3.63) is 94.9 Å².